The first-order valence-corrected chi connectivity index (χ1v) is 6.08. The molecule has 0 fully saturated rings. The Balaban J connectivity index is 2.08. The van der Waals surface area contributed by atoms with Crippen molar-refractivity contribution in [2.75, 3.05) is 0 Å². The van der Waals surface area contributed by atoms with Gasteiger partial charge in [-0.2, -0.15) is 0 Å². The van der Waals surface area contributed by atoms with Crippen molar-refractivity contribution in [2.24, 2.45) is 0 Å². The molecule has 1 aromatic heterocycles. The summed E-state index contributed by atoms with van der Waals surface area (Å²) in [6.07, 6.45) is 0.670. The van der Waals surface area contributed by atoms with Gasteiger partial charge in [0, 0.05) is 12.0 Å². The number of amides is 1. The van der Waals surface area contributed by atoms with Crippen molar-refractivity contribution < 1.29 is 9.18 Å². The van der Waals surface area contributed by atoms with Crippen molar-refractivity contribution in [1.29, 1.82) is 0 Å². The fraction of sp³-hybridized carbons (Fsp3) is 0.308. The molecule has 19 heavy (non-hydrogen) atoms. The van der Waals surface area contributed by atoms with Crippen molar-refractivity contribution in [2.45, 2.75) is 26.3 Å². The smallest absolute Gasteiger partial charge is 0.291 e. The minimum atomic E-state index is -0.447. The first-order valence-electron chi connectivity index (χ1n) is 6.08. The number of hydrogen-bond donors (Lipinski definition) is 2. The SMILES string of the molecule is CCc1nc(C(=O)NC(C)c2ccccc2F)n[nH]1. The first-order chi connectivity index (χ1) is 9.11. The maximum absolute atomic E-state index is 13.6. The fourth-order valence-electron chi connectivity index (χ4n) is 1.72. The van der Waals surface area contributed by atoms with Crippen LogP contribution in [0.2, 0.25) is 0 Å². The third-order valence-electron chi connectivity index (χ3n) is 2.79. The first kappa shape index (κ1) is 13.2. The lowest BCUT2D eigenvalue weighted by atomic mass is 10.1. The Hall–Kier alpha value is -2.24. The maximum atomic E-state index is 13.6. The molecule has 2 aromatic rings. The van der Waals surface area contributed by atoms with Gasteiger partial charge in [0.1, 0.15) is 11.6 Å². The zero-order chi connectivity index (χ0) is 13.8. The molecule has 1 amide bonds. The Bertz CT molecular complexity index is 582. The second kappa shape index (κ2) is 5.60. The summed E-state index contributed by atoms with van der Waals surface area (Å²) >= 11 is 0. The Morgan fingerprint density at radius 3 is 2.84 bits per heavy atom. The second-order valence-corrected chi connectivity index (χ2v) is 4.18. The highest BCUT2D eigenvalue weighted by atomic mass is 19.1. The molecule has 0 saturated heterocycles. The van der Waals surface area contributed by atoms with Crippen molar-refractivity contribution in [3.8, 4) is 0 Å². The predicted molar refractivity (Wildman–Crippen MR) is 68.0 cm³/mol. The van der Waals surface area contributed by atoms with Crippen molar-refractivity contribution >= 4 is 5.91 Å². The molecule has 1 heterocycles. The summed E-state index contributed by atoms with van der Waals surface area (Å²) in [5, 5.41) is 9.15. The third-order valence-corrected chi connectivity index (χ3v) is 2.79. The summed E-state index contributed by atoms with van der Waals surface area (Å²) in [4.78, 5) is 15.9. The number of rotatable bonds is 4. The number of hydrogen-bond acceptors (Lipinski definition) is 3. The van der Waals surface area contributed by atoms with Crippen LogP contribution < -0.4 is 5.32 Å². The molecule has 0 spiro atoms. The normalized spacial score (nSPS) is 12.2. The van der Waals surface area contributed by atoms with Crippen LogP contribution in [0.5, 0.6) is 0 Å². The number of carbonyl (C=O) groups is 1. The van der Waals surface area contributed by atoms with Gasteiger partial charge in [-0.1, -0.05) is 25.1 Å². The largest absolute Gasteiger partial charge is 0.343 e. The maximum Gasteiger partial charge on any atom is 0.291 e. The van der Waals surface area contributed by atoms with Gasteiger partial charge in [-0.3, -0.25) is 9.89 Å². The van der Waals surface area contributed by atoms with Gasteiger partial charge < -0.3 is 5.32 Å². The van der Waals surface area contributed by atoms with Crippen LogP contribution in [0, 0.1) is 5.82 Å². The number of halogens is 1. The van der Waals surface area contributed by atoms with Gasteiger partial charge in [0.05, 0.1) is 6.04 Å². The van der Waals surface area contributed by atoms with E-state index in [1.807, 2.05) is 6.92 Å². The molecule has 0 aliphatic heterocycles. The average Bonchev–Trinajstić information content (AvgIpc) is 2.88. The van der Waals surface area contributed by atoms with Crippen LogP contribution in [-0.2, 0) is 6.42 Å². The molecule has 0 radical (unpaired) electrons. The van der Waals surface area contributed by atoms with Gasteiger partial charge in [0.15, 0.2) is 0 Å². The van der Waals surface area contributed by atoms with Crippen molar-refractivity contribution in [3.63, 3.8) is 0 Å². The van der Waals surface area contributed by atoms with Crippen LogP contribution >= 0.6 is 0 Å². The quantitative estimate of drug-likeness (QED) is 0.885. The number of nitrogens with zero attached hydrogens (tertiary/aromatic N) is 2. The van der Waals surface area contributed by atoms with E-state index in [-0.39, 0.29) is 11.6 Å². The highest BCUT2D eigenvalue weighted by molar-refractivity contribution is 5.90. The van der Waals surface area contributed by atoms with E-state index >= 15 is 0 Å². The molecule has 1 atom stereocenters. The van der Waals surface area contributed by atoms with Crippen molar-refractivity contribution in [1.82, 2.24) is 20.5 Å². The summed E-state index contributed by atoms with van der Waals surface area (Å²) in [7, 11) is 0. The Labute approximate surface area is 110 Å². The van der Waals surface area contributed by atoms with Gasteiger partial charge in [-0.25, -0.2) is 9.37 Å². The third kappa shape index (κ3) is 2.96. The van der Waals surface area contributed by atoms with Gasteiger partial charge in [-0.15, -0.1) is 5.10 Å². The molecule has 0 saturated carbocycles. The molecule has 2 N–H and O–H groups in total. The number of aromatic nitrogens is 3. The minimum absolute atomic E-state index is 0.0695. The van der Waals surface area contributed by atoms with Crippen molar-refractivity contribution in [3.05, 3.63) is 47.3 Å². The molecule has 6 heteroatoms. The summed E-state index contributed by atoms with van der Waals surface area (Å²) < 4.78 is 13.6. The Kier molecular flexibility index (Phi) is 3.89. The highest BCUT2D eigenvalue weighted by Crippen LogP contribution is 2.16. The standard InChI is InChI=1S/C13H15FN4O/c1-3-11-16-12(18-17-11)13(19)15-8(2)9-6-4-5-7-10(9)14/h4-8H,3H2,1-2H3,(H,15,19)(H,16,17,18). The monoisotopic (exact) mass is 262 g/mol. The topological polar surface area (TPSA) is 70.7 Å². The lowest BCUT2D eigenvalue weighted by molar-refractivity contribution is 0.0929. The molecule has 2 rings (SSSR count). The van der Waals surface area contributed by atoms with Crippen LogP contribution in [0.25, 0.3) is 0 Å². The summed E-state index contributed by atoms with van der Waals surface area (Å²) in [5.74, 6) is -0.0602. The molecule has 1 unspecified atom stereocenters. The van der Waals surface area contributed by atoms with Crippen LogP contribution in [0.15, 0.2) is 24.3 Å². The fourth-order valence-corrected chi connectivity index (χ4v) is 1.72. The molecule has 5 nitrogen and oxygen atoms in total. The van der Waals surface area contributed by atoms with E-state index in [1.165, 1.54) is 6.07 Å². The predicted octanol–water partition coefficient (Wildman–Crippen LogP) is 2.00. The van der Waals surface area contributed by atoms with E-state index in [9.17, 15) is 9.18 Å². The van der Waals surface area contributed by atoms with Crippen LogP contribution in [-0.4, -0.2) is 21.1 Å². The van der Waals surface area contributed by atoms with Crippen LogP contribution in [0.4, 0.5) is 4.39 Å². The minimum Gasteiger partial charge on any atom is -0.343 e. The van der Waals surface area contributed by atoms with E-state index in [4.69, 9.17) is 0 Å². The number of H-pyrrole nitrogens is 1. The highest BCUT2D eigenvalue weighted by Gasteiger charge is 2.17. The van der Waals surface area contributed by atoms with E-state index in [1.54, 1.807) is 25.1 Å². The van der Waals surface area contributed by atoms with Crippen LogP contribution in [0.1, 0.15) is 41.9 Å². The summed E-state index contributed by atoms with van der Waals surface area (Å²) in [5.41, 5.74) is 0.433. The van der Waals surface area contributed by atoms with Gasteiger partial charge >= 0.3 is 0 Å². The van der Waals surface area contributed by atoms with Gasteiger partial charge in [-0.05, 0) is 13.0 Å². The number of aryl methyl sites for hydroxylation is 1. The molecule has 0 bridgehead atoms. The van der Waals surface area contributed by atoms with E-state index in [0.29, 0.717) is 17.8 Å². The van der Waals surface area contributed by atoms with E-state index in [0.717, 1.165) is 0 Å². The van der Waals surface area contributed by atoms with Crippen LogP contribution in [0.3, 0.4) is 0 Å². The van der Waals surface area contributed by atoms with E-state index < -0.39 is 11.9 Å². The number of nitrogens with one attached hydrogen (secondary N) is 2. The molecular weight excluding hydrogens is 247 g/mol. The average molecular weight is 262 g/mol. The number of benzene rings is 1. The Morgan fingerprint density at radius 2 is 2.21 bits per heavy atom. The van der Waals surface area contributed by atoms with Gasteiger partial charge in [0.25, 0.3) is 5.91 Å². The molecular formula is C13H15FN4O. The number of aromatic amines is 1. The summed E-state index contributed by atoms with van der Waals surface area (Å²) in [6.45, 7) is 3.62. The zero-order valence-electron chi connectivity index (χ0n) is 10.8. The molecule has 100 valence electrons. The second-order valence-electron chi connectivity index (χ2n) is 4.18. The molecule has 0 aliphatic carbocycles. The molecule has 0 aliphatic rings. The van der Waals surface area contributed by atoms with E-state index in [2.05, 4.69) is 20.5 Å². The number of carbonyl (C=O) groups excluding carboxylic acids is 1. The lowest BCUT2D eigenvalue weighted by Gasteiger charge is -2.13. The summed E-state index contributed by atoms with van der Waals surface area (Å²) in [6, 6.07) is 5.88. The van der Waals surface area contributed by atoms with Gasteiger partial charge in [0.2, 0.25) is 5.82 Å². The Morgan fingerprint density at radius 1 is 1.47 bits per heavy atom. The lowest BCUT2D eigenvalue weighted by Crippen LogP contribution is -2.28. The molecule has 1 aromatic carbocycles. The zero-order valence-corrected chi connectivity index (χ0v) is 10.8.